The van der Waals surface area contributed by atoms with Crippen molar-refractivity contribution in [3.63, 3.8) is 0 Å². The van der Waals surface area contributed by atoms with Gasteiger partial charge in [0.05, 0.1) is 6.61 Å². The molecule has 29 heavy (non-hydrogen) atoms. The second-order valence-electron chi connectivity index (χ2n) is 7.55. The second-order valence-corrected chi connectivity index (χ2v) is 7.55. The predicted molar refractivity (Wildman–Crippen MR) is 111 cm³/mol. The molecule has 152 valence electrons. The summed E-state index contributed by atoms with van der Waals surface area (Å²) in [6.07, 6.45) is 5.84. The fourth-order valence-corrected chi connectivity index (χ4v) is 4.01. The van der Waals surface area contributed by atoms with Crippen LogP contribution in [-0.2, 0) is 11.3 Å². The second kappa shape index (κ2) is 8.66. The number of carbonyl (C=O) groups excluding carboxylic acids is 1. The minimum absolute atomic E-state index is 0.0647. The lowest BCUT2D eigenvalue weighted by molar-refractivity contribution is 0.0702. The average Bonchev–Trinajstić information content (AvgIpc) is 3.41. The van der Waals surface area contributed by atoms with E-state index in [2.05, 4.69) is 9.55 Å². The van der Waals surface area contributed by atoms with E-state index < -0.39 is 0 Å². The number of imidazole rings is 1. The number of hydrogen-bond acceptors (Lipinski definition) is 4. The molecule has 0 spiro atoms. The third-order valence-corrected chi connectivity index (χ3v) is 5.49. The number of ether oxygens (including phenoxy) is 1. The Bertz CT molecular complexity index is 975. The number of carbonyl (C=O) groups is 1. The molecule has 4 rings (SSSR count). The van der Waals surface area contributed by atoms with Gasteiger partial charge in [-0.1, -0.05) is 12.1 Å². The SMILES string of the molecule is COCCn1ccnc1[C@@H]1CCCN(C(=O)c2cccc(-c3ccc(C)o3)c2)C1. The van der Waals surface area contributed by atoms with Crippen molar-refractivity contribution >= 4 is 5.91 Å². The van der Waals surface area contributed by atoms with Crippen molar-refractivity contribution in [3.8, 4) is 11.3 Å². The minimum atomic E-state index is 0.0647. The summed E-state index contributed by atoms with van der Waals surface area (Å²) in [5.74, 6) is 3.00. The Morgan fingerprint density at radius 3 is 3.00 bits per heavy atom. The smallest absolute Gasteiger partial charge is 0.253 e. The molecule has 1 atom stereocenters. The molecular formula is C23H27N3O3. The molecule has 6 heteroatoms. The molecule has 2 aromatic heterocycles. The van der Waals surface area contributed by atoms with Crippen LogP contribution in [0.1, 0.15) is 40.7 Å². The van der Waals surface area contributed by atoms with E-state index >= 15 is 0 Å². The van der Waals surface area contributed by atoms with E-state index in [-0.39, 0.29) is 11.8 Å². The van der Waals surface area contributed by atoms with Crippen LogP contribution in [0.3, 0.4) is 0 Å². The monoisotopic (exact) mass is 393 g/mol. The van der Waals surface area contributed by atoms with Gasteiger partial charge in [0.25, 0.3) is 5.91 Å². The summed E-state index contributed by atoms with van der Waals surface area (Å²) in [5, 5.41) is 0. The van der Waals surface area contributed by atoms with Crippen LogP contribution in [0.4, 0.5) is 0 Å². The molecule has 1 amide bonds. The highest BCUT2D eigenvalue weighted by molar-refractivity contribution is 5.95. The van der Waals surface area contributed by atoms with Gasteiger partial charge in [-0.15, -0.1) is 0 Å². The van der Waals surface area contributed by atoms with Gasteiger partial charge >= 0.3 is 0 Å². The zero-order chi connectivity index (χ0) is 20.2. The van der Waals surface area contributed by atoms with Gasteiger partial charge in [0.2, 0.25) is 0 Å². The van der Waals surface area contributed by atoms with Gasteiger partial charge in [-0.3, -0.25) is 4.79 Å². The molecule has 1 aliphatic heterocycles. The van der Waals surface area contributed by atoms with Crippen LogP contribution in [0.25, 0.3) is 11.3 Å². The largest absolute Gasteiger partial charge is 0.461 e. The molecule has 0 aliphatic carbocycles. The highest BCUT2D eigenvalue weighted by Gasteiger charge is 2.28. The van der Waals surface area contributed by atoms with E-state index in [4.69, 9.17) is 9.15 Å². The van der Waals surface area contributed by atoms with Crippen LogP contribution >= 0.6 is 0 Å². The van der Waals surface area contributed by atoms with E-state index in [1.54, 1.807) is 7.11 Å². The average molecular weight is 393 g/mol. The maximum atomic E-state index is 13.2. The molecule has 0 unspecified atom stereocenters. The summed E-state index contributed by atoms with van der Waals surface area (Å²) in [6, 6.07) is 11.6. The lowest BCUT2D eigenvalue weighted by Gasteiger charge is -2.33. The lowest BCUT2D eigenvalue weighted by atomic mass is 9.96. The van der Waals surface area contributed by atoms with Crippen LogP contribution < -0.4 is 0 Å². The highest BCUT2D eigenvalue weighted by Crippen LogP contribution is 2.28. The molecule has 0 saturated carbocycles. The maximum Gasteiger partial charge on any atom is 0.253 e. The third-order valence-electron chi connectivity index (χ3n) is 5.49. The van der Waals surface area contributed by atoms with E-state index in [1.807, 2.05) is 60.6 Å². The van der Waals surface area contributed by atoms with E-state index in [1.165, 1.54) is 0 Å². The first kappa shape index (κ1) is 19.5. The molecular weight excluding hydrogens is 366 g/mol. The number of furan rings is 1. The Labute approximate surface area is 171 Å². The van der Waals surface area contributed by atoms with Crippen molar-refractivity contribution in [2.24, 2.45) is 0 Å². The zero-order valence-corrected chi connectivity index (χ0v) is 17.0. The molecule has 1 aromatic carbocycles. The fourth-order valence-electron chi connectivity index (χ4n) is 4.01. The number of aryl methyl sites for hydroxylation is 1. The molecule has 1 aliphatic rings. The molecule has 1 fully saturated rings. The molecule has 3 heterocycles. The van der Waals surface area contributed by atoms with Gasteiger partial charge in [-0.05, 0) is 44.0 Å². The van der Waals surface area contributed by atoms with E-state index in [0.717, 1.165) is 48.8 Å². The first-order chi connectivity index (χ1) is 14.2. The molecule has 0 N–H and O–H groups in total. The molecule has 6 nitrogen and oxygen atoms in total. The maximum absolute atomic E-state index is 13.2. The Kier molecular flexibility index (Phi) is 5.81. The summed E-state index contributed by atoms with van der Waals surface area (Å²) in [6.45, 7) is 4.81. The van der Waals surface area contributed by atoms with Crippen LogP contribution in [0.5, 0.6) is 0 Å². The van der Waals surface area contributed by atoms with Crippen molar-refractivity contribution in [1.82, 2.24) is 14.5 Å². The van der Waals surface area contributed by atoms with Crippen molar-refractivity contribution in [2.75, 3.05) is 26.8 Å². The van der Waals surface area contributed by atoms with Gasteiger partial charge < -0.3 is 18.6 Å². The summed E-state index contributed by atoms with van der Waals surface area (Å²) in [4.78, 5) is 19.7. The Morgan fingerprint density at radius 2 is 2.21 bits per heavy atom. The number of benzene rings is 1. The summed E-state index contributed by atoms with van der Waals surface area (Å²) >= 11 is 0. The van der Waals surface area contributed by atoms with E-state index in [9.17, 15) is 4.79 Å². The summed E-state index contributed by atoms with van der Waals surface area (Å²) in [7, 11) is 1.70. The molecule has 0 radical (unpaired) electrons. The van der Waals surface area contributed by atoms with Crippen molar-refractivity contribution in [1.29, 1.82) is 0 Å². The van der Waals surface area contributed by atoms with Gasteiger partial charge in [-0.25, -0.2) is 4.98 Å². The van der Waals surface area contributed by atoms with Crippen LogP contribution in [0.2, 0.25) is 0 Å². The summed E-state index contributed by atoms with van der Waals surface area (Å²) in [5.41, 5.74) is 1.62. The highest BCUT2D eigenvalue weighted by atomic mass is 16.5. The van der Waals surface area contributed by atoms with Crippen molar-refractivity contribution in [2.45, 2.75) is 32.2 Å². The predicted octanol–water partition coefficient (Wildman–Crippen LogP) is 4.12. The molecule has 0 bridgehead atoms. The number of hydrogen-bond donors (Lipinski definition) is 0. The first-order valence-corrected chi connectivity index (χ1v) is 10.1. The van der Waals surface area contributed by atoms with Crippen molar-refractivity contribution in [3.05, 3.63) is 65.9 Å². The first-order valence-electron chi connectivity index (χ1n) is 10.1. The lowest BCUT2D eigenvalue weighted by Crippen LogP contribution is -2.39. The third kappa shape index (κ3) is 4.27. The van der Waals surface area contributed by atoms with Gasteiger partial charge in [-0.2, -0.15) is 0 Å². The standard InChI is InChI=1S/C23H27N3O3/c1-17-8-9-21(29-17)18-5-3-6-19(15-18)23(27)26-11-4-7-20(16-26)22-24-10-12-25(22)13-14-28-2/h3,5-6,8-10,12,15,20H,4,7,11,13-14,16H2,1-2H3/t20-/m1/s1. The van der Waals surface area contributed by atoms with Crippen molar-refractivity contribution < 1.29 is 13.9 Å². The molecule has 3 aromatic rings. The van der Waals surface area contributed by atoms with Gasteiger partial charge in [0, 0.05) is 56.2 Å². The number of aromatic nitrogens is 2. The summed E-state index contributed by atoms with van der Waals surface area (Å²) < 4.78 is 13.1. The molecule has 1 saturated heterocycles. The van der Waals surface area contributed by atoms with Crippen LogP contribution in [0, 0.1) is 6.92 Å². The topological polar surface area (TPSA) is 60.5 Å². The number of piperidine rings is 1. The Balaban J connectivity index is 1.50. The van der Waals surface area contributed by atoms with Crippen LogP contribution in [0.15, 0.2) is 53.2 Å². The Hall–Kier alpha value is -2.86. The number of likely N-dealkylation sites (tertiary alicyclic amines) is 1. The number of rotatable bonds is 6. The Morgan fingerprint density at radius 1 is 1.31 bits per heavy atom. The number of amides is 1. The van der Waals surface area contributed by atoms with E-state index in [0.29, 0.717) is 18.7 Å². The van der Waals surface area contributed by atoms with Gasteiger partial charge in [0.1, 0.15) is 17.3 Å². The van der Waals surface area contributed by atoms with Crippen LogP contribution in [-0.4, -0.2) is 47.2 Å². The fraction of sp³-hybridized carbons (Fsp3) is 0.391. The minimum Gasteiger partial charge on any atom is -0.461 e. The zero-order valence-electron chi connectivity index (χ0n) is 17.0. The van der Waals surface area contributed by atoms with Gasteiger partial charge in [0.15, 0.2) is 0 Å². The normalized spacial score (nSPS) is 16.9. The number of nitrogens with zero attached hydrogens (tertiary/aromatic N) is 3. The number of methoxy groups -OCH3 is 1. The quantitative estimate of drug-likeness (QED) is 0.632.